The van der Waals surface area contributed by atoms with Crippen molar-refractivity contribution in [1.82, 2.24) is 34.8 Å². The van der Waals surface area contributed by atoms with E-state index in [2.05, 4.69) is 30.8 Å². The van der Waals surface area contributed by atoms with E-state index in [0.717, 1.165) is 0 Å². The van der Waals surface area contributed by atoms with Gasteiger partial charge in [0.05, 0.1) is 53.6 Å². The van der Waals surface area contributed by atoms with Gasteiger partial charge >= 0.3 is 0 Å². The van der Waals surface area contributed by atoms with Crippen LogP contribution in [0.3, 0.4) is 0 Å². The first kappa shape index (κ1) is 26.6. The molecular formula is C25H27F2N9O2. The predicted molar refractivity (Wildman–Crippen MR) is 136 cm³/mol. The number of nitrogens with one attached hydrogen (secondary N) is 2. The van der Waals surface area contributed by atoms with Crippen LogP contribution in [0.5, 0.6) is 0 Å². The van der Waals surface area contributed by atoms with Gasteiger partial charge in [-0.15, -0.1) is 0 Å². The van der Waals surface area contributed by atoms with Gasteiger partial charge in [-0.05, 0) is 33.8 Å². The number of aromatic nitrogens is 6. The van der Waals surface area contributed by atoms with E-state index in [4.69, 9.17) is 5.26 Å². The number of carbonyl (C=O) groups excluding carboxylic acids is 1. The highest BCUT2D eigenvalue weighted by molar-refractivity contribution is 6.00. The van der Waals surface area contributed by atoms with E-state index in [1.54, 1.807) is 24.5 Å². The minimum Gasteiger partial charge on any atom is -0.387 e. The number of anilines is 2. The number of pyridine rings is 2. The molecule has 0 aliphatic carbocycles. The molecule has 38 heavy (non-hydrogen) atoms. The Bertz CT molecular complexity index is 1510. The van der Waals surface area contributed by atoms with Crippen LogP contribution in [-0.4, -0.2) is 64.5 Å². The fraction of sp³-hybridized carbons (Fsp3) is 0.360. The largest absolute Gasteiger partial charge is 0.387 e. The van der Waals surface area contributed by atoms with Crippen LogP contribution in [0.2, 0.25) is 0 Å². The summed E-state index contributed by atoms with van der Waals surface area (Å²) >= 11 is 0. The van der Waals surface area contributed by atoms with E-state index >= 15 is 0 Å². The number of amides is 1. The molecule has 1 atom stereocenters. The van der Waals surface area contributed by atoms with Gasteiger partial charge in [-0.3, -0.25) is 9.48 Å². The van der Waals surface area contributed by atoms with Gasteiger partial charge in [0.15, 0.2) is 11.5 Å². The Labute approximate surface area is 217 Å². The van der Waals surface area contributed by atoms with Crippen molar-refractivity contribution in [3.05, 3.63) is 54.2 Å². The van der Waals surface area contributed by atoms with Crippen LogP contribution in [-0.2, 0) is 6.54 Å². The molecule has 0 aliphatic heterocycles. The third kappa shape index (κ3) is 6.09. The molecule has 198 valence electrons. The van der Waals surface area contributed by atoms with E-state index in [1.165, 1.54) is 55.6 Å². The molecule has 4 heterocycles. The van der Waals surface area contributed by atoms with Crippen LogP contribution in [0.4, 0.5) is 20.2 Å². The normalized spacial score (nSPS) is 12.8. The summed E-state index contributed by atoms with van der Waals surface area (Å²) in [5, 5.41) is 33.6. The lowest BCUT2D eigenvalue weighted by Gasteiger charge is -2.22. The van der Waals surface area contributed by atoms with Crippen molar-refractivity contribution in [2.45, 2.75) is 51.7 Å². The van der Waals surface area contributed by atoms with Crippen molar-refractivity contribution in [2.75, 3.05) is 11.9 Å². The minimum atomic E-state index is -1.70. The lowest BCUT2D eigenvalue weighted by Crippen LogP contribution is -2.42. The molecule has 3 N–H and O–H groups in total. The second kappa shape index (κ2) is 10.1. The minimum absolute atomic E-state index is 0.0219. The first-order valence-corrected chi connectivity index (χ1v) is 11.7. The van der Waals surface area contributed by atoms with Crippen LogP contribution >= 0.6 is 0 Å². The molecule has 0 bridgehead atoms. The molecule has 0 radical (unpaired) electrons. The summed E-state index contributed by atoms with van der Waals surface area (Å²) in [5.41, 5.74) is -1.43. The van der Waals surface area contributed by atoms with Crippen molar-refractivity contribution < 1.29 is 18.7 Å². The van der Waals surface area contributed by atoms with Crippen LogP contribution in [0.25, 0.3) is 16.9 Å². The predicted octanol–water partition coefficient (Wildman–Crippen LogP) is 3.21. The Morgan fingerprint density at radius 1 is 1.16 bits per heavy atom. The number of nitriles is 1. The number of fused-ring (bicyclic) bond motifs is 1. The monoisotopic (exact) mass is 523 g/mol. The first-order chi connectivity index (χ1) is 17.8. The Kier molecular flexibility index (Phi) is 7.10. The first-order valence-electron chi connectivity index (χ1n) is 11.7. The van der Waals surface area contributed by atoms with Gasteiger partial charge in [-0.2, -0.15) is 20.1 Å². The molecule has 4 aromatic heterocycles. The number of aliphatic hydroxyl groups is 1. The van der Waals surface area contributed by atoms with Crippen molar-refractivity contribution in [2.24, 2.45) is 0 Å². The quantitative estimate of drug-likeness (QED) is 0.303. The Hall–Kier alpha value is -4.44. The van der Waals surface area contributed by atoms with Crippen LogP contribution < -0.4 is 10.6 Å². The van der Waals surface area contributed by atoms with E-state index in [0.29, 0.717) is 33.8 Å². The topological polar surface area (TPSA) is 147 Å². The molecular weight excluding hydrogens is 496 g/mol. The fourth-order valence-electron chi connectivity index (χ4n) is 3.58. The molecule has 1 unspecified atom stereocenters. The molecule has 4 rings (SSSR count). The lowest BCUT2D eigenvalue weighted by atomic mass is 10.0. The van der Waals surface area contributed by atoms with E-state index in [9.17, 15) is 18.7 Å². The molecule has 0 saturated carbocycles. The summed E-state index contributed by atoms with van der Waals surface area (Å²) in [5.74, 6) is -0.314. The summed E-state index contributed by atoms with van der Waals surface area (Å²) in [6.07, 6.45) is 5.63. The van der Waals surface area contributed by atoms with Gasteiger partial charge in [-0.25, -0.2) is 18.7 Å². The highest BCUT2D eigenvalue weighted by atomic mass is 19.1. The number of halogens is 2. The maximum atomic E-state index is 14.2. The van der Waals surface area contributed by atoms with Gasteiger partial charge in [-0.1, -0.05) is 0 Å². The maximum absolute atomic E-state index is 14.2. The number of carbonyl (C=O) groups is 1. The summed E-state index contributed by atoms with van der Waals surface area (Å²) in [6, 6.07) is 5.22. The van der Waals surface area contributed by atoms with Crippen molar-refractivity contribution in [3.63, 3.8) is 0 Å². The standard InChI is InChI=1S/C25H27F2N9O2/c1-24(2,27)14-35-13-17(10-32-35)34-19-6-21(36-22-16(9-33-36)5-15(7-28)8-30-22)29-11-18(19)23(37)31-12-20(26)25(3,4)38/h5-6,8-11,13,20,38H,12,14H2,1-4H3,(H,29,34)(H,31,37). The summed E-state index contributed by atoms with van der Waals surface area (Å²) < 4.78 is 31.2. The number of hydrogen-bond acceptors (Lipinski definition) is 8. The van der Waals surface area contributed by atoms with Crippen molar-refractivity contribution in [1.29, 1.82) is 5.26 Å². The zero-order valence-electron chi connectivity index (χ0n) is 21.3. The smallest absolute Gasteiger partial charge is 0.255 e. The molecule has 13 heteroatoms. The summed E-state index contributed by atoms with van der Waals surface area (Å²) in [6.45, 7) is 5.10. The highest BCUT2D eigenvalue weighted by Gasteiger charge is 2.27. The summed E-state index contributed by atoms with van der Waals surface area (Å²) in [7, 11) is 0. The maximum Gasteiger partial charge on any atom is 0.255 e. The molecule has 11 nitrogen and oxygen atoms in total. The molecule has 4 aromatic rings. The molecule has 0 spiro atoms. The Morgan fingerprint density at radius 2 is 1.92 bits per heavy atom. The van der Waals surface area contributed by atoms with Gasteiger partial charge in [0, 0.05) is 30.0 Å². The van der Waals surface area contributed by atoms with Crippen LogP contribution in [0.15, 0.2) is 43.1 Å². The van der Waals surface area contributed by atoms with Gasteiger partial charge < -0.3 is 15.7 Å². The second-order valence-corrected chi connectivity index (χ2v) is 9.99. The number of nitrogens with zero attached hydrogens (tertiary/aromatic N) is 7. The molecule has 0 saturated heterocycles. The van der Waals surface area contributed by atoms with Gasteiger partial charge in [0.1, 0.15) is 17.9 Å². The lowest BCUT2D eigenvalue weighted by molar-refractivity contribution is -0.00177. The number of alkyl halides is 2. The molecule has 0 fully saturated rings. The zero-order valence-corrected chi connectivity index (χ0v) is 21.3. The van der Waals surface area contributed by atoms with Crippen molar-refractivity contribution >= 4 is 28.3 Å². The summed E-state index contributed by atoms with van der Waals surface area (Å²) in [4.78, 5) is 21.6. The number of rotatable bonds is 9. The second-order valence-electron chi connectivity index (χ2n) is 9.99. The van der Waals surface area contributed by atoms with Gasteiger partial charge in [0.25, 0.3) is 5.91 Å². The third-order valence-electron chi connectivity index (χ3n) is 5.55. The van der Waals surface area contributed by atoms with E-state index < -0.39 is 29.9 Å². The van der Waals surface area contributed by atoms with E-state index in [-0.39, 0.29) is 12.1 Å². The van der Waals surface area contributed by atoms with Crippen LogP contribution in [0.1, 0.15) is 43.6 Å². The Morgan fingerprint density at radius 3 is 2.61 bits per heavy atom. The van der Waals surface area contributed by atoms with Gasteiger partial charge in [0.2, 0.25) is 0 Å². The van der Waals surface area contributed by atoms with Crippen LogP contribution in [0, 0.1) is 11.3 Å². The molecule has 0 aliphatic rings. The number of hydrogen-bond donors (Lipinski definition) is 3. The fourth-order valence-corrected chi connectivity index (χ4v) is 3.58. The molecule has 0 aromatic carbocycles. The third-order valence-corrected chi connectivity index (χ3v) is 5.55. The van der Waals surface area contributed by atoms with Crippen molar-refractivity contribution in [3.8, 4) is 11.9 Å². The average molecular weight is 524 g/mol. The van der Waals surface area contributed by atoms with E-state index in [1.807, 2.05) is 6.07 Å². The molecule has 1 amide bonds. The zero-order chi connectivity index (χ0) is 27.7. The average Bonchev–Trinajstić information content (AvgIpc) is 3.46. The highest BCUT2D eigenvalue weighted by Crippen LogP contribution is 2.25. The SMILES string of the molecule is CC(C)(F)Cn1cc(Nc2cc(-n3ncc4cc(C#N)cnc43)ncc2C(=O)NCC(F)C(C)(C)O)cn1. The Balaban J connectivity index is 1.69.